The van der Waals surface area contributed by atoms with E-state index >= 15 is 0 Å². The largest absolute Gasteiger partial charge is 0.387 e. The third kappa shape index (κ3) is 5.97. The van der Waals surface area contributed by atoms with Crippen LogP contribution in [0.1, 0.15) is 40.5 Å². The van der Waals surface area contributed by atoms with Gasteiger partial charge in [0.2, 0.25) is 0 Å². The highest BCUT2D eigenvalue weighted by Gasteiger charge is 2.20. The smallest absolute Gasteiger partial charge is 0.0963 e. The van der Waals surface area contributed by atoms with Crippen LogP contribution >= 0.6 is 0 Å². The summed E-state index contributed by atoms with van der Waals surface area (Å²) in [5.74, 6) is 0.931. The zero-order chi connectivity index (χ0) is 11.2. The average molecular weight is 200 g/mol. The van der Waals surface area contributed by atoms with Crippen LogP contribution in [0.2, 0.25) is 0 Å². The van der Waals surface area contributed by atoms with Crippen LogP contribution in [0, 0.1) is 16.7 Å². The number of nitrogens with two attached hydrogens (primary N) is 1. The summed E-state index contributed by atoms with van der Waals surface area (Å²) in [5.41, 5.74) is 5.24. The Morgan fingerprint density at radius 3 is 2.36 bits per heavy atom. The van der Waals surface area contributed by atoms with Gasteiger partial charge in [0.15, 0.2) is 0 Å². The lowest BCUT2D eigenvalue weighted by Gasteiger charge is -2.22. The molecule has 0 fully saturated rings. The number of ether oxygens (including phenoxy) is 1. The highest BCUT2D eigenvalue weighted by atomic mass is 16.5. The molecule has 14 heavy (non-hydrogen) atoms. The van der Waals surface area contributed by atoms with Crippen molar-refractivity contribution in [3.05, 3.63) is 0 Å². The minimum Gasteiger partial charge on any atom is -0.387 e. The van der Waals surface area contributed by atoms with Crippen LogP contribution in [0.4, 0.5) is 0 Å². The van der Waals surface area contributed by atoms with Crippen LogP contribution in [-0.2, 0) is 4.74 Å². The predicted octanol–water partition coefficient (Wildman–Crippen LogP) is 2.40. The van der Waals surface area contributed by atoms with Crippen molar-refractivity contribution < 1.29 is 4.74 Å². The summed E-state index contributed by atoms with van der Waals surface area (Å²) in [6.45, 7) is 9.82. The zero-order valence-electron chi connectivity index (χ0n) is 9.89. The van der Waals surface area contributed by atoms with E-state index < -0.39 is 0 Å². The summed E-state index contributed by atoms with van der Waals surface area (Å²) in [7, 11) is 0. The molecule has 0 bridgehead atoms. The van der Waals surface area contributed by atoms with E-state index in [-0.39, 0.29) is 11.3 Å². The van der Waals surface area contributed by atoms with Crippen LogP contribution in [0.3, 0.4) is 0 Å². The number of hydrogen-bond acceptors (Lipinski definition) is 2. The first-order chi connectivity index (χ1) is 6.36. The topological polar surface area (TPSA) is 59.1 Å². The summed E-state index contributed by atoms with van der Waals surface area (Å²) < 4.78 is 5.48. The summed E-state index contributed by atoms with van der Waals surface area (Å²) >= 11 is 0. The lowest BCUT2D eigenvalue weighted by molar-refractivity contribution is 0.107. The normalized spacial score (nSPS) is 12.1. The molecule has 0 heterocycles. The lowest BCUT2D eigenvalue weighted by Crippen LogP contribution is -2.32. The molecule has 0 saturated carbocycles. The van der Waals surface area contributed by atoms with Gasteiger partial charge in [-0.3, -0.25) is 5.41 Å². The molecule has 0 amide bonds. The molecule has 0 rings (SSSR count). The van der Waals surface area contributed by atoms with Gasteiger partial charge in [-0.05, 0) is 18.8 Å². The Bertz CT molecular complexity index is 176. The summed E-state index contributed by atoms with van der Waals surface area (Å²) in [6, 6.07) is 0. The Morgan fingerprint density at radius 2 is 1.93 bits per heavy atom. The molecule has 0 aromatic carbocycles. The quantitative estimate of drug-likeness (QED) is 0.376. The van der Waals surface area contributed by atoms with Gasteiger partial charge in [-0.15, -0.1) is 0 Å². The molecular formula is C11H24N2O. The predicted molar refractivity (Wildman–Crippen MR) is 60.6 cm³/mol. The van der Waals surface area contributed by atoms with Gasteiger partial charge >= 0.3 is 0 Å². The molecule has 0 spiro atoms. The number of amidine groups is 1. The average Bonchev–Trinajstić information content (AvgIpc) is 2.02. The maximum atomic E-state index is 7.37. The van der Waals surface area contributed by atoms with E-state index in [1.54, 1.807) is 0 Å². The minimum absolute atomic E-state index is 0.224. The van der Waals surface area contributed by atoms with Gasteiger partial charge in [-0.1, -0.05) is 27.7 Å². The van der Waals surface area contributed by atoms with Crippen LogP contribution in [-0.4, -0.2) is 19.0 Å². The Balaban J connectivity index is 3.49. The maximum absolute atomic E-state index is 7.37. The fraction of sp³-hybridized carbons (Fsp3) is 0.909. The summed E-state index contributed by atoms with van der Waals surface area (Å²) in [5, 5.41) is 7.37. The molecule has 0 radical (unpaired) electrons. The molecule has 0 unspecified atom stereocenters. The van der Waals surface area contributed by atoms with Gasteiger partial charge in [0.05, 0.1) is 5.84 Å². The Labute approximate surface area is 87.5 Å². The highest BCUT2D eigenvalue weighted by molar-refractivity contribution is 5.82. The van der Waals surface area contributed by atoms with Crippen molar-refractivity contribution in [1.82, 2.24) is 0 Å². The van der Waals surface area contributed by atoms with E-state index in [0.717, 1.165) is 19.4 Å². The van der Waals surface area contributed by atoms with Gasteiger partial charge < -0.3 is 10.5 Å². The number of nitrogens with one attached hydrogen (secondary N) is 1. The van der Waals surface area contributed by atoms with E-state index in [1.807, 2.05) is 13.8 Å². The molecule has 0 aliphatic heterocycles. The van der Waals surface area contributed by atoms with Crippen LogP contribution in [0.5, 0.6) is 0 Å². The number of rotatable bonds is 7. The number of hydrogen-bond donors (Lipinski definition) is 2. The molecule has 0 aliphatic rings. The van der Waals surface area contributed by atoms with Crippen molar-refractivity contribution in [3.8, 4) is 0 Å². The van der Waals surface area contributed by atoms with Crippen LogP contribution < -0.4 is 5.73 Å². The Hall–Kier alpha value is -0.570. The first kappa shape index (κ1) is 13.4. The molecule has 3 heteroatoms. The van der Waals surface area contributed by atoms with Crippen LogP contribution in [0.25, 0.3) is 0 Å². The zero-order valence-corrected chi connectivity index (χ0v) is 9.89. The van der Waals surface area contributed by atoms with Crippen molar-refractivity contribution in [3.63, 3.8) is 0 Å². The third-order valence-electron chi connectivity index (χ3n) is 2.44. The molecule has 0 aromatic rings. The van der Waals surface area contributed by atoms with Gasteiger partial charge in [0.1, 0.15) is 0 Å². The molecule has 0 saturated heterocycles. The maximum Gasteiger partial charge on any atom is 0.0963 e. The Kier molecular flexibility index (Phi) is 5.77. The Morgan fingerprint density at radius 1 is 1.36 bits per heavy atom. The van der Waals surface area contributed by atoms with Crippen LogP contribution in [0.15, 0.2) is 0 Å². The second kappa shape index (κ2) is 6.02. The van der Waals surface area contributed by atoms with E-state index in [1.165, 1.54) is 0 Å². The molecule has 84 valence electrons. The monoisotopic (exact) mass is 200 g/mol. The fourth-order valence-electron chi connectivity index (χ4n) is 0.883. The molecule has 3 nitrogen and oxygen atoms in total. The highest BCUT2D eigenvalue weighted by Crippen LogP contribution is 2.19. The molecule has 0 atom stereocenters. The lowest BCUT2D eigenvalue weighted by atomic mass is 9.88. The van der Waals surface area contributed by atoms with E-state index in [9.17, 15) is 0 Å². The fourth-order valence-corrected chi connectivity index (χ4v) is 0.883. The third-order valence-corrected chi connectivity index (χ3v) is 2.44. The van der Waals surface area contributed by atoms with Gasteiger partial charge in [-0.25, -0.2) is 0 Å². The van der Waals surface area contributed by atoms with E-state index in [0.29, 0.717) is 12.5 Å². The van der Waals surface area contributed by atoms with Crippen molar-refractivity contribution >= 4 is 5.84 Å². The second-order valence-electron chi connectivity index (χ2n) is 4.84. The second-order valence-corrected chi connectivity index (χ2v) is 4.84. The van der Waals surface area contributed by atoms with Crippen molar-refractivity contribution in [2.24, 2.45) is 17.1 Å². The van der Waals surface area contributed by atoms with E-state index in [4.69, 9.17) is 15.9 Å². The molecule has 3 N–H and O–H groups in total. The molecule has 0 aliphatic carbocycles. The first-order valence-electron chi connectivity index (χ1n) is 5.28. The summed E-state index contributed by atoms with van der Waals surface area (Å²) in [4.78, 5) is 0. The van der Waals surface area contributed by atoms with Gasteiger partial charge in [-0.2, -0.15) is 0 Å². The molecule has 0 aromatic heterocycles. The van der Waals surface area contributed by atoms with E-state index in [2.05, 4.69) is 13.8 Å². The van der Waals surface area contributed by atoms with Crippen molar-refractivity contribution in [2.75, 3.05) is 13.2 Å². The molecular weight excluding hydrogens is 176 g/mol. The van der Waals surface area contributed by atoms with Crippen molar-refractivity contribution in [2.45, 2.75) is 40.5 Å². The SMILES string of the molecule is CC(C)CCOCCC(C)(C)C(=N)N. The van der Waals surface area contributed by atoms with Crippen molar-refractivity contribution in [1.29, 1.82) is 5.41 Å². The van der Waals surface area contributed by atoms with Gasteiger partial charge in [0, 0.05) is 18.6 Å². The minimum atomic E-state index is -0.224. The van der Waals surface area contributed by atoms with Gasteiger partial charge in [0.25, 0.3) is 0 Å². The summed E-state index contributed by atoms with van der Waals surface area (Å²) in [6.07, 6.45) is 1.92. The standard InChI is InChI=1S/C11H24N2O/c1-9(2)5-7-14-8-6-11(3,4)10(12)13/h9H,5-8H2,1-4H3,(H3,12,13). The first-order valence-corrected chi connectivity index (χ1v) is 5.28.